The van der Waals surface area contributed by atoms with Gasteiger partial charge in [0.15, 0.2) is 5.96 Å². The second-order valence-electron chi connectivity index (χ2n) is 6.57. The van der Waals surface area contributed by atoms with Gasteiger partial charge in [0, 0.05) is 33.8 Å². The minimum atomic E-state index is -0.150. The maximum Gasteiger partial charge on any atom is 0.193 e. The first kappa shape index (κ1) is 18.0. The lowest BCUT2D eigenvalue weighted by Gasteiger charge is -2.27. The summed E-state index contributed by atoms with van der Waals surface area (Å²) in [6, 6.07) is 0. The molecule has 0 bridgehead atoms. The van der Waals surface area contributed by atoms with E-state index in [0.29, 0.717) is 0 Å². The fraction of sp³-hybridized carbons (Fsp3) is 0.933. The van der Waals surface area contributed by atoms with Crippen molar-refractivity contribution in [2.24, 2.45) is 16.8 Å². The standard InChI is InChI=1S/C15H29N3O.HI/c1-15(2,19-4)11-17-14(16-3)18-9-12-7-5-6-8-13(12)10-18;/h12-13H,5-11H2,1-4H3,(H,16,17);1H. The minimum Gasteiger partial charge on any atom is -0.377 e. The van der Waals surface area contributed by atoms with E-state index >= 15 is 0 Å². The Hall–Kier alpha value is -0.0400. The van der Waals surface area contributed by atoms with Crippen LogP contribution in [0.15, 0.2) is 4.99 Å². The SMILES string of the molecule is CN=C(NCC(C)(C)OC)N1CC2CCCCC2C1.I. The molecule has 0 spiro atoms. The number of guanidine groups is 1. The van der Waals surface area contributed by atoms with E-state index < -0.39 is 0 Å². The molecule has 2 unspecified atom stereocenters. The second-order valence-corrected chi connectivity index (χ2v) is 6.57. The summed E-state index contributed by atoms with van der Waals surface area (Å²) in [6.45, 7) is 7.34. The maximum atomic E-state index is 5.45. The van der Waals surface area contributed by atoms with Crippen LogP contribution in [0, 0.1) is 11.8 Å². The predicted molar refractivity (Wildman–Crippen MR) is 94.9 cm³/mol. The highest BCUT2D eigenvalue weighted by Crippen LogP contribution is 2.35. The molecule has 0 aromatic heterocycles. The summed E-state index contributed by atoms with van der Waals surface area (Å²) in [5, 5.41) is 3.46. The number of likely N-dealkylation sites (tertiary alicyclic amines) is 1. The molecular formula is C15H30IN3O. The average molecular weight is 395 g/mol. The first-order valence-electron chi connectivity index (χ1n) is 7.56. The third-order valence-corrected chi connectivity index (χ3v) is 4.71. The highest BCUT2D eigenvalue weighted by molar-refractivity contribution is 14.0. The molecule has 0 aromatic rings. The number of aliphatic imine (C=N–C) groups is 1. The topological polar surface area (TPSA) is 36.9 Å². The van der Waals surface area contributed by atoms with Crippen LogP contribution in [0.5, 0.6) is 0 Å². The molecule has 2 atom stereocenters. The second kappa shape index (κ2) is 7.82. The van der Waals surface area contributed by atoms with E-state index in [2.05, 4.69) is 29.1 Å². The van der Waals surface area contributed by atoms with Crippen molar-refractivity contribution in [1.29, 1.82) is 0 Å². The molecule has 20 heavy (non-hydrogen) atoms. The van der Waals surface area contributed by atoms with Crippen LogP contribution in [0.4, 0.5) is 0 Å². The molecule has 1 heterocycles. The van der Waals surface area contributed by atoms with E-state index in [1.165, 1.54) is 38.8 Å². The Kier molecular flexibility index (Phi) is 7.04. The monoisotopic (exact) mass is 395 g/mol. The summed E-state index contributed by atoms with van der Waals surface area (Å²) in [4.78, 5) is 6.88. The van der Waals surface area contributed by atoms with Crippen molar-refractivity contribution < 1.29 is 4.74 Å². The zero-order chi connectivity index (χ0) is 13.9. The molecule has 118 valence electrons. The third kappa shape index (κ3) is 4.48. The van der Waals surface area contributed by atoms with Gasteiger partial charge in [-0.3, -0.25) is 4.99 Å². The highest BCUT2D eigenvalue weighted by Gasteiger charge is 2.35. The Bertz CT molecular complexity index is 319. The number of hydrogen-bond acceptors (Lipinski definition) is 2. The van der Waals surface area contributed by atoms with E-state index in [1.807, 2.05) is 7.05 Å². The van der Waals surface area contributed by atoms with Crippen molar-refractivity contribution in [3.8, 4) is 0 Å². The van der Waals surface area contributed by atoms with Gasteiger partial charge in [-0.05, 0) is 38.5 Å². The molecule has 2 rings (SSSR count). The van der Waals surface area contributed by atoms with Gasteiger partial charge in [0.1, 0.15) is 0 Å². The molecule has 0 aromatic carbocycles. The molecule has 2 aliphatic rings. The van der Waals surface area contributed by atoms with Crippen LogP contribution < -0.4 is 5.32 Å². The van der Waals surface area contributed by atoms with Gasteiger partial charge in [0.25, 0.3) is 0 Å². The van der Waals surface area contributed by atoms with E-state index in [9.17, 15) is 0 Å². The number of rotatable bonds is 3. The van der Waals surface area contributed by atoms with Crippen LogP contribution >= 0.6 is 24.0 Å². The van der Waals surface area contributed by atoms with Crippen molar-refractivity contribution in [3.05, 3.63) is 0 Å². The fourth-order valence-electron chi connectivity index (χ4n) is 3.28. The van der Waals surface area contributed by atoms with Gasteiger partial charge in [-0.15, -0.1) is 24.0 Å². The summed E-state index contributed by atoms with van der Waals surface area (Å²) in [5.41, 5.74) is -0.150. The van der Waals surface area contributed by atoms with Crippen LogP contribution in [-0.2, 0) is 4.74 Å². The first-order chi connectivity index (χ1) is 9.05. The smallest absolute Gasteiger partial charge is 0.193 e. The van der Waals surface area contributed by atoms with Crippen LogP contribution in [0.3, 0.4) is 0 Å². The summed E-state index contributed by atoms with van der Waals surface area (Å²) < 4.78 is 5.45. The normalized spacial score (nSPS) is 27.0. The van der Waals surface area contributed by atoms with Gasteiger partial charge in [0.2, 0.25) is 0 Å². The van der Waals surface area contributed by atoms with Gasteiger partial charge < -0.3 is 15.0 Å². The largest absolute Gasteiger partial charge is 0.377 e. The Balaban J connectivity index is 0.00000200. The number of methoxy groups -OCH3 is 1. The predicted octanol–water partition coefficient (Wildman–Crippen LogP) is 2.73. The van der Waals surface area contributed by atoms with Crippen molar-refractivity contribution in [2.45, 2.75) is 45.1 Å². The summed E-state index contributed by atoms with van der Waals surface area (Å²) in [6.07, 6.45) is 5.64. The first-order valence-corrected chi connectivity index (χ1v) is 7.56. The zero-order valence-corrected chi connectivity index (χ0v) is 15.6. The fourth-order valence-corrected chi connectivity index (χ4v) is 3.28. The van der Waals surface area contributed by atoms with Gasteiger partial charge in [-0.25, -0.2) is 0 Å². The maximum absolute atomic E-state index is 5.45. The van der Waals surface area contributed by atoms with Crippen molar-refractivity contribution in [1.82, 2.24) is 10.2 Å². The molecule has 1 saturated heterocycles. The summed E-state index contributed by atoms with van der Waals surface area (Å²) in [7, 11) is 3.64. The number of halogens is 1. The Labute approximate surface area is 140 Å². The molecule has 0 amide bonds. The zero-order valence-electron chi connectivity index (χ0n) is 13.3. The molecule has 4 nitrogen and oxygen atoms in total. The molecule has 2 fully saturated rings. The van der Waals surface area contributed by atoms with Gasteiger partial charge in [0.05, 0.1) is 5.60 Å². The average Bonchev–Trinajstić information content (AvgIpc) is 2.83. The minimum absolute atomic E-state index is 0. The van der Waals surface area contributed by atoms with Gasteiger partial charge in [-0.1, -0.05) is 12.8 Å². The van der Waals surface area contributed by atoms with Crippen molar-refractivity contribution in [2.75, 3.05) is 33.8 Å². The molecule has 1 N–H and O–H groups in total. The third-order valence-electron chi connectivity index (χ3n) is 4.71. The lowest BCUT2D eigenvalue weighted by Crippen LogP contribution is -2.46. The van der Waals surface area contributed by atoms with Crippen LogP contribution in [0.1, 0.15) is 39.5 Å². The van der Waals surface area contributed by atoms with Crippen molar-refractivity contribution in [3.63, 3.8) is 0 Å². The Morgan fingerprint density at radius 3 is 2.25 bits per heavy atom. The van der Waals surface area contributed by atoms with Crippen LogP contribution in [0.2, 0.25) is 0 Å². The lowest BCUT2D eigenvalue weighted by atomic mass is 9.82. The summed E-state index contributed by atoms with van der Waals surface area (Å²) >= 11 is 0. The quantitative estimate of drug-likeness (QED) is 0.454. The van der Waals surface area contributed by atoms with E-state index in [1.54, 1.807) is 7.11 Å². The molecule has 1 aliphatic carbocycles. The molecule has 0 radical (unpaired) electrons. The van der Waals surface area contributed by atoms with E-state index in [4.69, 9.17) is 4.74 Å². The lowest BCUT2D eigenvalue weighted by molar-refractivity contribution is 0.0264. The van der Waals surface area contributed by atoms with Crippen LogP contribution in [0.25, 0.3) is 0 Å². The molecule has 1 saturated carbocycles. The number of fused-ring (bicyclic) bond motifs is 1. The summed E-state index contributed by atoms with van der Waals surface area (Å²) in [5.74, 6) is 2.82. The van der Waals surface area contributed by atoms with Gasteiger partial charge in [-0.2, -0.15) is 0 Å². The Morgan fingerprint density at radius 2 is 1.80 bits per heavy atom. The number of nitrogens with zero attached hydrogens (tertiary/aromatic N) is 2. The van der Waals surface area contributed by atoms with Gasteiger partial charge >= 0.3 is 0 Å². The molecular weight excluding hydrogens is 365 g/mol. The highest BCUT2D eigenvalue weighted by atomic mass is 127. The van der Waals surface area contributed by atoms with Crippen LogP contribution in [-0.4, -0.2) is 50.3 Å². The van der Waals surface area contributed by atoms with Crippen molar-refractivity contribution >= 4 is 29.9 Å². The number of nitrogens with one attached hydrogen (secondary N) is 1. The number of ether oxygens (including phenoxy) is 1. The Morgan fingerprint density at radius 1 is 1.25 bits per heavy atom. The molecule has 1 aliphatic heterocycles. The molecule has 5 heteroatoms. The number of hydrogen-bond donors (Lipinski definition) is 1. The van der Waals surface area contributed by atoms with E-state index in [-0.39, 0.29) is 29.6 Å². The van der Waals surface area contributed by atoms with E-state index in [0.717, 1.165) is 24.3 Å².